The first-order valence-electron chi connectivity index (χ1n) is 12.4. The Balaban J connectivity index is 1.38. The molecule has 0 saturated heterocycles. The number of aromatic nitrogens is 2. The molecule has 5 rings (SSSR count). The maximum atomic E-state index is 14.1. The van der Waals surface area contributed by atoms with E-state index in [0.29, 0.717) is 37.3 Å². The third-order valence-electron chi connectivity index (χ3n) is 7.32. The van der Waals surface area contributed by atoms with Gasteiger partial charge in [-0.3, -0.25) is 14.8 Å². The SMILES string of the molecule is CN(C(=O)C1CCC(N)CC1)[C@H](c1ccc(Nc2cnc3cccnc3c2C2CC2)cc1)C(F)(F)F. The van der Waals surface area contributed by atoms with Crippen LogP contribution in [0.25, 0.3) is 11.0 Å². The number of halogens is 3. The lowest BCUT2D eigenvalue weighted by Crippen LogP contribution is -2.44. The highest BCUT2D eigenvalue weighted by atomic mass is 19.4. The molecule has 2 aromatic heterocycles. The molecule has 0 bridgehead atoms. The summed E-state index contributed by atoms with van der Waals surface area (Å²) in [5.74, 6) is -0.499. The van der Waals surface area contributed by atoms with Crippen molar-refractivity contribution < 1.29 is 18.0 Å². The van der Waals surface area contributed by atoms with Crippen LogP contribution in [-0.4, -0.2) is 40.0 Å². The van der Waals surface area contributed by atoms with Gasteiger partial charge in [-0.05, 0) is 74.3 Å². The lowest BCUT2D eigenvalue weighted by molar-refractivity contribution is -0.191. The van der Waals surface area contributed by atoms with E-state index in [1.165, 1.54) is 19.2 Å². The number of alkyl halides is 3. The van der Waals surface area contributed by atoms with Crippen molar-refractivity contribution in [3.8, 4) is 0 Å². The van der Waals surface area contributed by atoms with E-state index in [2.05, 4.69) is 15.3 Å². The largest absolute Gasteiger partial charge is 0.413 e. The first-order valence-corrected chi connectivity index (χ1v) is 12.4. The molecular formula is C27H30F3N5O. The molecule has 9 heteroatoms. The molecule has 2 saturated carbocycles. The number of nitrogens with zero attached hydrogens (tertiary/aromatic N) is 3. The zero-order valence-corrected chi connectivity index (χ0v) is 20.1. The van der Waals surface area contributed by atoms with Crippen LogP contribution in [0.3, 0.4) is 0 Å². The van der Waals surface area contributed by atoms with Gasteiger partial charge in [0, 0.05) is 36.5 Å². The first kappa shape index (κ1) is 24.5. The number of rotatable bonds is 6. The van der Waals surface area contributed by atoms with Gasteiger partial charge in [0.1, 0.15) is 0 Å². The second kappa shape index (κ2) is 9.69. The Bertz CT molecular complexity index is 1230. The number of nitrogens with two attached hydrogens (primary N) is 1. The maximum Gasteiger partial charge on any atom is 0.413 e. The second-order valence-electron chi connectivity index (χ2n) is 9.98. The van der Waals surface area contributed by atoms with Gasteiger partial charge in [-0.1, -0.05) is 12.1 Å². The molecule has 36 heavy (non-hydrogen) atoms. The molecule has 2 fully saturated rings. The Kier molecular flexibility index (Phi) is 6.59. The molecule has 190 valence electrons. The summed E-state index contributed by atoms with van der Waals surface area (Å²) in [4.78, 5) is 22.8. The van der Waals surface area contributed by atoms with Gasteiger partial charge in [-0.25, -0.2) is 0 Å². The number of amides is 1. The van der Waals surface area contributed by atoms with E-state index in [1.54, 1.807) is 24.5 Å². The third-order valence-corrected chi connectivity index (χ3v) is 7.32. The van der Waals surface area contributed by atoms with Gasteiger partial charge in [-0.2, -0.15) is 13.2 Å². The monoisotopic (exact) mass is 497 g/mol. The highest BCUT2D eigenvalue weighted by molar-refractivity contribution is 5.85. The van der Waals surface area contributed by atoms with Crippen LogP contribution in [-0.2, 0) is 4.79 Å². The van der Waals surface area contributed by atoms with Crippen LogP contribution >= 0.6 is 0 Å². The summed E-state index contributed by atoms with van der Waals surface area (Å²) in [6, 6.07) is 7.88. The minimum atomic E-state index is -4.60. The summed E-state index contributed by atoms with van der Waals surface area (Å²) in [6.07, 6.45) is 3.40. The van der Waals surface area contributed by atoms with Crippen molar-refractivity contribution in [1.29, 1.82) is 0 Å². The molecule has 2 heterocycles. The van der Waals surface area contributed by atoms with E-state index in [9.17, 15) is 18.0 Å². The van der Waals surface area contributed by atoms with Crippen molar-refractivity contribution in [3.05, 3.63) is 59.9 Å². The van der Waals surface area contributed by atoms with Crippen LogP contribution < -0.4 is 11.1 Å². The van der Waals surface area contributed by atoms with Crippen LogP contribution in [0.1, 0.15) is 61.6 Å². The van der Waals surface area contributed by atoms with Crippen molar-refractivity contribution in [2.24, 2.45) is 11.7 Å². The molecule has 2 aliphatic carbocycles. The van der Waals surface area contributed by atoms with Crippen LogP contribution in [0.4, 0.5) is 24.5 Å². The molecule has 3 aromatic rings. The summed E-state index contributed by atoms with van der Waals surface area (Å²) in [6.45, 7) is 0. The molecule has 6 nitrogen and oxygen atoms in total. The fourth-order valence-corrected chi connectivity index (χ4v) is 5.24. The number of anilines is 2. The maximum absolute atomic E-state index is 14.1. The van der Waals surface area contributed by atoms with Crippen molar-refractivity contribution >= 4 is 28.3 Å². The summed E-state index contributed by atoms with van der Waals surface area (Å²) < 4.78 is 42.4. The number of fused-ring (bicyclic) bond motifs is 1. The second-order valence-corrected chi connectivity index (χ2v) is 9.98. The van der Waals surface area contributed by atoms with Crippen LogP contribution in [0.5, 0.6) is 0 Å². The molecule has 1 atom stereocenters. The molecule has 0 spiro atoms. The van der Waals surface area contributed by atoms with Gasteiger partial charge < -0.3 is 16.0 Å². The van der Waals surface area contributed by atoms with Crippen LogP contribution in [0.15, 0.2) is 48.8 Å². The number of carbonyl (C=O) groups excluding carboxylic acids is 1. The Labute approximate surface area is 208 Å². The molecule has 0 radical (unpaired) electrons. The van der Waals surface area contributed by atoms with Gasteiger partial charge in [0.05, 0.1) is 22.9 Å². The Morgan fingerprint density at radius 1 is 1.06 bits per heavy atom. The van der Waals surface area contributed by atoms with Gasteiger partial charge >= 0.3 is 6.18 Å². The molecule has 0 aliphatic heterocycles. The quantitative estimate of drug-likeness (QED) is 0.448. The number of nitrogens with one attached hydrogen (secondary N) is 1. The summed E-state index contributed by atoms with van der Waals surface area (Å²) in [7, 11) is 1.25. The lowest BCUT2D eigenvalue weighted by atomic mass is 9.85. The van der Waals surface area contributed by atoms with E-state index in [1.807, 2.05) is 12.1 Å². The highest BCUT2D eigenvalue weighted by Crippen LogP contribution is 2.46. The topological polar surface area (TPSA) is 84.1 Å². The molecule has 2 aliphatic rings. The summed E-state index contributed by atoms with van der Waals surface area (Å²) >= 11 is 0. The Morgan fingerprint density at radius 3 is 2.39 bits per heavy atom. The third kappa shape index (κ3) is 5.02. The van der Waals surface area contributed by atoms with Crippen LogP contribution in [0.2, 0.25) is 0 Å². The average molecular weight is 498 g/mol. The molecule has 0 unspecified atom stereocenters. The molecule has 1 amide bonds. The minimum absolute atomic E-state index is 0.0202. The number of benzene rings is 1. The van der Waals surface area contributed by atoms with E-state index in [0.717, 1.165) is 40.0 Å². The van der Waals surface area contributed by atoms with E-state index in [-0.39, 0.29) is 11.6 Å². The zero-order chi connectivity index (χ0) is 25.4. The minimum Gasteiger partial charge on any atom is -0.354 e. The molecule has 3 N–H and O–H groups in total. The fraction of sp³-hybridized carbons (Fsp3) is 0.444. The number of hydrogen-bond donors (Lipinski definition) is 2. The number of carbonyl (C=O) groups is 1. The normalized spacial score (nSPS) is 21.2. The van der Waals surface area contributed by atoms with Gasteiger partial charge in [-0.15, -0.1) is 0 Å². The average Bonchev–Trinajstić information content (AvgIpc) is 3.69. The lowest BCUT2D eigenvalue weighted by Gasteiger charge is -2.35. The van der Waals surface area contributed by atoms with E-state index in [4.69, 9.17) is 5.73 Å². The van der Waals surface area contributed by atoms with Gasteiger partial charge in [0.25, 0.3) is 0 Å². The van der Waals surface area contributed by atoms with Crippen molar-refractivity contribution in [1.82, 2.24) is 14.9 Å². The summed E-state index contributed by atoms with van der Waals surface area (Å²) in [5, 5.41) is 3.32. The Morgan fingerprint density at radius 2 is 1.75 bits per heavy atom. The molecule has 1 aromatic carbocycles. The number of hydrogen-bond acceptors (Lipinski definition) is 5. The Hall–Kier alpha value is -3.20. The van der Waals surface area contributed by atoms with E-state index < -0.39 is 24.0 Å². The fourth-order valence-electron chi connectivity index (χ4n) is 5.24. The first-order chi connectivity index (χ1) is 17.2. The predicted molar refractivity (Wildman–Crippen MR) is 133 cm³/mol. The van der Waals surface area contributed by atoms with Crippen molar-refractivity contribution in [2.75, 3.05) is 12.4 Å². The standard InChI is InChI=1S/C27H30F3N5O/c1-35(26(36)18-6-10-19(31)11-7-18)25(27(28,29)30)17-8-12-20(13-9-17)34-22-15-33-21-3-2-14-32-24(21)23(22)16-4-5-16/h2-3,8-9,12-16,18-19,25,34H,4-7,10-11,31H2,1H3/t18?,19?,25-/m1/s1. The van der Waals surface area contributed by atoms with Crippen molar-refractivity contribution in [2.45, 2.75) is 62.7 Å². The predicted octanol–water partition coefficient (Wildman–Crippen LogP) is 5.83. The van der Waals surface area contributed by atoms with Crippen LogP contribution in [0, 0.1) is 5.92 Å². The van der Waals surface area contributed by atoms with Gasteiger partial charge in [0.2, 0.25) is 5.91 Å². The van der Waals surface area contributed by atoms with Crippen molar-refractivity contribution in [3.63, 3.8) is 0 Å². The summed E-state index contributed by atoms with van der Waals surface area (Å²) in [5.41, 5.74) is 10.1. The number of pyridine rings is 2. The smallest absolute Gasteiger partial charge is 0.354 e. The van der Waals surface area contributed by atoms with Gasteiger partial charge in [0.15, 0.2) is 6.04 Å². The highest BCUT2D eigenvalue weighted by Gasteiger charge is 2.46. The zero-order valence-electron chi connectivity index (χ0n) is 20.1. The van der Waals surface area contributed by atoms with E-state index >= 15 is 0 Å². The molecular weight excluding hydrogens is 467 g/mol.